The summed E-state index contributed by atoms with van der Waals surface area (Å²) < 4.78 is 24.0. The van der Waals surface area contributed by atoms with E-state index in [4.69, 9.17) is 0 Å². The Balaban J connectivity index is 1.53. The van der Waals surface area contributed by atoms with Gasteiger partial charge in [-0.2, -0.15) is 0 Å². The molecule has 2 saturated heterocycles. The largest absolute Gasteiger partial charge is 0.333 e. The number of hydrogen-bond donors (Lipinski definition) is 0. The number of likely N-dealkylation sites (tertiary alicyclic amines) is 1. The Kier molecular flexibility index (Phi) is 5.29. The summed E-state index contributed by atoms with van der Waals surface area (Å²) in [4.78, 5) is 41.2. The van der Waals surface area contributed by atoms with Crippen molar-refractivity contribution >= 4 is 27.6 Å². The van der Waals surface area contributed by atoms with Crippen LogP contribution < -0.4 is 0 Å². The zero-order valence-electron chi connectivity index (χ0n) is 16.1. The van der Waals surface area contributed by atoms with Crippen molar-refractivity contribution in [1.29, 1.82) is 0 Å². The topological polar surface area (TPSA) is 91.8 Å². The second-order valence-electron chi connectivity index (χ2n) is 7.98. The highest BCUT2D eigenvalue weighted by Gasteiger charge is 2.48. The molecule has 0 unspecified atom stereocenters. The van der Waals surface area contributed by atoms with Crippen LogP contribution in [0.25, 0.3) is 0 Å². The molecule has 2 fully saturated rings. The average molecular weight is 416 g/mol. The molecule has 3 aliphatic rings. The molecule has 29 heavy (non-hydrogen) atoms. The number of carbonyl (C=O) groups excluding carboxylic acids is 3. The average Bonchev–Trinajstić information content (AvgIpc) is 3.19. The Morgan fingerprint density at radius 1 is 1.03 bits per heavy atom. The first-order chi connectivity index (χ1) is 13.9. The molecule has 0 spiro atoms. The highest BCUT2D eigenvalue weighted by Crippen LogP contribution is 2.35. The van der Waals surface area contributed by atoms with Gasteiger partial charge < -0.3 is 4.90 Å². The Hall–Kier alpha value is -2.48. The summed E-state index contributed by atoms with van der Waals surface area (Å²) in [6.45, 7) is -0.0709. The third-order valence-corrected chi connectivity index (χ3v) is 7.81. The predicted molar refractivity (Wildman–Crippen MR) is 106 cm³/mol. The van der Waals surface area contributed by atoms with E-state index < -0.39 is 15.9 Å². The van der Waals surface area contributed by atoms with Crippen LogP contribution in [0, 0.1) is 11.8 Å². The maximum Gasteiger partial charge on any atom is 0.243 e. The Morgan fingerprint density at radius 3 is 2.21 bits per heavy atom. The van der Waals surface area contributed by atoms with Crippen molar-refractivity contribution in [3.8, 4) is 0 Å². The van der Waals surface area contributed by atoms with Crippen molar-refractivity contribution in [2.75, 3.05) is 18.1 Å². The minimum absolute atomic E-state index is 0.0492. The third-order valence-electron chi connectivity index (χ3n) is 6.06. The van der Waals surface area contributed by atoms with E-state index in [2.05, 4.69) is 0 Å². The summed E-state index contributed by atoms with van der Waals surface area (Å²) in [5.74, 6) is -1.77. The fraction of sp³-hybridized carbons (Fsp3) is 0.476. The molecular weight excluding hydrogens is 392 g/mol. The molecule has 1 aromatic carbocycles. The molecule has 0 aromatic heterocycles. The summed E-state index contributed by atoms with van der Waals surface area (Å²) in [5, 5.41) is 0. The minimum atomic E-state index is -3.18. The number of fused-ring (bicyclic) bond motifs is 1. The molecule has 0 bridgehead atoms. The quantitative estimate of drug-likeness (QED) is 0.530. The lowest BCUT2D eigenvalue weighted by Gasteiger charge is -2.30. The summed E-state index contributed by atoms with van der Waals surface area (Å²) in [7, 11) is -3.18. The molecule has 0 radical (unpaired) electrons. The predicted octanol–water partition coefficient (Wildman–Crippen LogP) is 1.15. The fourth-order valence-electron chi connectivity index (χ4n) is 4.47. The lowest BCUT2D eigenvalue weighted by Crippen LogP contribution is -2.47. The van der Waals surface area contributed by atoms with E-state index in [0.29, 0.717) is 19.3 Å². The van der Waals surface area contributed by atoms with Gasteiger partial charge in [0.2, 0.25) is 17.7 Å². The molecule has 1 aromatic rings. The van der Waals surface area contributed by atoms with Gasteiger partial charge in [0.25, 0.3) is 0 Å². The van der Waals surface area contributed by atoms with Crippen molar-refractivity contribution < 1.29 is 22.8 Å². The van der Waals surface area contributed by atoms with Crippen LogP contribution in [0.5, 0.6) is 0 Å². The van der Waals surface area contributed by atoms with Crippen LogP contribution in [-0.2, 0) is 30.8 Å². The normalized spacial score (nSPS) is 27.9. The first-order valence-electron chi connectivity index (χ1n) is 9.90. The number of rotatable bonds is 5. The van der Waals surface area contributed by atoms with Crippen molar-refractivity contribution in [1.82, 2.24) is 9.80 Å². The summed E-state index contributed by atoms with van der Waals surface area (Å²) in [6, 6.07) is 8.88. The number of sulfone groups is 1. The van der Waals surface area contributed by atoms with E-state index in [1.54, 1.807) is 0 Å². The van der Waals surface area contributed by atoms with Gasteiger partial charge in [-0.3, -0.25) is 19.3 Å². The smallest absolute Gasteiger partial charge is 0.243 e. The number of allylic oxidation sites excluding steroid dienone is 2. The van der Waals surface area contributed by atoms with Crippen LogP contribution in [0.1, 0.15) is 24.8 Å². The van der Waals surface area contributed by atoms with Gasteiger partial charge in [-0.05, 0) is 24.8 Å². The second-order valence-corrected chi connectivity index (χ2v) is 10.2. The van der Waals surface area contributed by atoms with Gasteiger partial charge in [0, 0.05) is 12.6 Å². The lowest BCUT2D eigenvalue weighted by atomic mass is 9.85. The molecule has 0 N–H and O–H groups in total. The van der Waals surface area contributed by atoms with Gasteiger partial charge in [-0.25, -0.2) is 8.42 Å². The van der Waals surface area contributed by atoms with E-state index in [1.807, 2.05) is 42.5 Å². The molecule has 1 aliphatic carbocycles. The van der Waals surface area contributed by atoms with Crippen LogP contribution in [-0.4, -0.2) is 60.0 Å². The third kappa shape index (κ3) is 3.99. The summed E-state index contributed by atoms with van der Waals surface area (Å²) in [6.07, 6.45) is 5.23. The van der Waals surface area contributed by atoms with Gasteiger partial charge in [0.15, 0.2) is 9.84 Å². The molecule has 3 amide bonds. The van der Waals surface area contributed by atoms with E-state index in [0.717, 1.165) is 10.5 Å². The van der Waals surface area contributed by atoms with E-state index in [1.165, 1.54) is 4.90 Å². The van der Waals surface area contributed by atoms with E-state index in [-0.39, 0.29) is 54.2 Å². The molecule has 154 valence electrons. The lowest BCUT2D eigenvalue weighted by molar-refractivity contribution is -0.147. The SMILES string of the molecule is O=C1[C@@H]2CC=CC[C@H]2C(=O)N1CC(=O)N(Cc1ccccc1)[C@@H]1CCS(=O)(=O)C1. The van der Waals surface area contributed by atoms with Crippen LogP contribution in [0.4, 0.5) is 0 Å². The second kappa shape index (κ2) is 7.74. The number of hydrogen-bond acceptors (Lipinski definition) is 5. The number of imide groups is 1. The Morgan fingerprint density at radius 2 is 1.66 bits per heavy atom. The van der Waals surface area contributed by atoms with Crippen LogP contribution in [0.2, 0.25) is 0 Å². The first kappa shape index (κ1) is 19.8. The molecule has 8 heteroatoms. The van der Waals surface area contributed by atoms with Crippen LogP contribution in [0.15, 0.2) is 42.5 Å². The molecule has 4 rings (SSSR count). The highest BCUT2D eigenvalue weighted by atomic mass is 32.2. The van der Waals surface area contributed by atoms with Gasteiger partial charge in [0.05, 0.1) is 23.3 Å². The Bertz CT molecular complexity index is 931. The Labute approximate surface area is 170 Å². The molecule has 7 nitrogen and oxygen atoms in total. The van der Waals surface area contributed by atoms with Crippen LogP contribution >= 0.6 is 0 Å². The van der Waals surface area contributed by atoms with Crippen molar-refractivity contribution in [3.63, 3.8) is 0 Å². The van der Waals surface area contributed by atoms with Crippen LogP contribution in [0.3, 0.4) is 0 Å². The monoisotopic (exact) mass is 416 g/mol. The molecule has 2 aliphatic heterocycles. The van der Waals surface area contributed by atoms with E-state index >= 15 is 0 Å². The maximum atomic E-state index is 13.2. The van der Waals surface area contributed by atoms with Crippen molar-refractivity contribution in [2.45, 2.75) is 31.8 Å². The molecule has 0 saturated carbocycles. The standard InChI is InChI=1S/C21H24N2O5S/c24-19(13-23-20(25)17-8-4-5-9-18(17)21(23)26)22(12-15-6-2-1-3-7-15)16-10-11-29(27,28)14-16/h1-7,16-18H,8-14H2/t16-,17-,18-/m1/s1. The number of carbonyl (C=O) groups is 3. The highest BCUT2D eigenvalue weighted by molar-refractivity contribution is 7.91. The fourth-order valence-corrected chi connectivity index (χ4v) is 6.20. The van der Waals surface area contributed by atoms with Crippen molar-refractivity contribution in [2.24, 2.45) is 11.8 Å². The summed E-state index contributed by atoms with van der Waals surface area (Å²) >= 11 is 0. The first-order valence-corrected chi connectivity index (χ1v) is 11.7. The molecule has 3 atom stereocenters. The van der Waals surface area contributed by atoms with Gasteiger partial charge in [-0.1, -0.05) is 42.5 Å². The minimum Gasteiger partial charge on any atom is -0.333 e. The van der Waals surface area contributed by atoms with Gasteiger partial charge >= 0.3 is 0 Å². The number of benzene rings is 1. The zero-order valence-corrected chi connectivity index (χ0v) is 16.9. The number of amides is 3. The summed E-state index contributed by atoms with van der Waals surface area (Å²) in [5.41, 5.74) is 0.877. The molecule has 2 heterocycles. The van der Waals surface area contributed by atoms with Crippen molar-refractivity contribution in [3.05, 3.63) is 48.0 Å². The van der Waals surface area contributed by atoms with Gasteiger partial charge in [0.1, 0.15) is 6.54 Å². The number of nitrogens with zero attached hydrogens (tertiary/aromatic N) is 2. The van der Waals surface area contributed by atoms with Gasteiger partial charge in [-0.15, -0.1) is 0 Å². The maximum absolute atomic E-state index is 13.2. The van der Waals surface area contributed by atoms with E-state index in [9.17, 15) is 22.8 Å². The molecular formula is C21H24N2O5S. The zero-order chi connectivity index (χ0) is 20.6.